The maximum absolute atomic E-state index is 6.38. The zero-order valence-corrected chi connectivity index (χ0v) is 17.6. The fourth-order valence-corrected chi connectivity index (χ4v) is 5.15. The molecule has 0 N–H and O–H groups in total. The molecule has 29 heavy (non-hydrogen) atoms. The molecule has 0 aliphatic carbocycles. The minimum Gasteiger partial charge on any atom is -0.489 e. The van der Waals surface area contributed by atoms with Crippen LogP contribution in [0.4, 0.5) is 5.13 Å². The molecule has 7 heteroatoms. The standard InChI is InChI=1S/C22H25N3O3S/c1-15-19(16(2)28-24-15)14-26-18-3-4-20-17(13-18)5-11-27-22(20)6-9-25(10-7-22)21-23-8-12-29-21/h3-4,8,12-13H,5-7,9-11,14H2,1-2H3. The van der Waals surface area contributed by atoms with Gasteiger partial charge in [0.05, 0.1) is 23.5 Å². The third-order valence-corrected chi connectivity index (χ3v) is 6.97. The van der Waals surface area contributed by atoms with Crippen LogP contribution in [0.15, 0.2) is 34.3 Å². The number of hydrogen-bond acceptors (Lipinski definition) is 7. The molecule has 0 atom stereocenters. The molecule has 4 heterocycles. The Kier molecular flexibility index (Phi) is 4.80. The summed E-state index contributed by atoms with van der Waals surface area (Å²) in [5, 5.41) is 7.15. The van der Waals surface area contributed by atoms with E-state index in [4.69, 9.17) is 14.0 Å². The van der Waals surface area contributed by atoms with Gasteiger partial charge in [-0.3, -0.25) is 0 Å². The van der Waals surface area contributed by atoms with Crippen LogP contribution in [0.25, 0.3) is 0 Å². The Morgan fingerprint density at radius 3 is 2.83 bits per heavy atom. The number of fused-ring (bicyclic) bond motifs is 2. The molecule has 1 spiro atoms. The lowest BCUT2D eigenvalue weighted by molar-refractivity contribution is -0.0766. The molecule has 3 aromatic rings. The summed E-state index contributed by atoms with van der Waals surface area (Å²) in [4.78, 5) is 6.83. The summed E-state index contributed by atoms with van der Waals surface area (Å²) in [6, 6.07) is 6.46. The highest BCUT2D eigenvalue weighted by Gasteiger charge is 2.41. The van der Waals surface area contributed by atoms with Gasteiger partial charge < -0.3 is 18.9 Å². The highest BCUT2D eigenvalue weighted by atomic mass is 32.1. The van der Waals surface area contributed by atoms with E-state index < -0.39 is 0 Å². The summed E-state index contributed by atoms with van der Waals surface area (Å²) in [6.45, 7) is 7.04. The molecule has 6 nitrogen and oxygen atoms in total. The van der Waals surface area contributed by atoms with E-state index in [0.29, 0.717) is 6.61 Å². The summed E-state index contributed by atoms with van der Waals surface area (Å²) < 4.78 is 17.7. The lowest BCUT2D eigenvalue weighted by Gasteiger charge is -2.45. The van der Waals surface area contributed by atoms with Gasteiger partial charge in [-0.1, -0.05) is 11.2 Å². The summed E-state index contributed by atoms with van der Waals surface area (Å²) >= 11 is 1.70. The molecule has 1 aromatic carbocycles. The van der Waals surface area contributed by atoms with Crippen molar-refractivity contribution in [1.29, 1.82) is 0 Å². The van der Waals surface area contributed by atoms with Gasteiger partial charge in [-0.15, -0.1) is 11.3 Å². The number of aryl methyl sites for hydroxylation is 2. The number of aromatic nitrogens is 2. The molecular formula is C22H25N3O3S. The molecule has 2 aliphatic rings. The smallest absolute Gasteiger partial charge is 0.185 e. The van der Waals surface area contributed by atoms with Crippen LogP contribution in [-0.4, -0.2) is 29.8 Å². The van der Waals surface area contributed by atoms with Gasteiger partial charge in [-0.05, 0) is 56.4 Å². The molecule has 1 saturated heterocycles. The van der Waals surface area contributed by atoms with Gasteiger partial charge in [-0.25, -0.2) is 4.98 Å². The molecule has 0 radical (unpaired) electrons. The number of hydrogen-bond donors (Lipinski definition) is 0. The second kappa shape index (κ2) is 7.46. The van der Waals surface area contributed by atoms with Crippen LogP contribution in [0.5, 0.6) is 5.75 Å². The molecule has 2 aliphatic heterocycles. The Balaban J connectivity index is 1.32. The summed E-state index contributed by atoms with van der Waals surface area (Å²) in [7, 11) is 0. The maximum atomic E-state index is 6.38. The second-order valence-electron chi connectivity index (χ2n) is 7.80. The van der Waals surface area contributed by atoms with Gasteiger partial charge in [0, 0.05) is 24.7 Å². The van der Waals surface area contributed by atoms with E-state index in [1.54, 1.807) is 11.3 Å². The quantitative estimate of drug-likeness (QED) is 0.634. The maximum Gasteiger partial charge on any atom is 0.185 e. The van der Waals surface area contributed by atoms with Crippen molar-refractivity contribution in [2.45, 2.75) is 45.3 Å². The number of thiazole rings is 1. The predicted molar refractivity (Wildman–Crippen MR) is 112 cm³/mol. The van der Waals surface area contributed by atoms with Gasteiger partial charge in [-0.2, -0.15) is 0 Å². The molecule has 5 rings (SSSR count). The van der Waals surface area contributed by atoms with Crippen LogP contribution in [0, 0.1) is 13.8 Å². The Bertz CT molecular complexity index is 971. The van der Waals surface area contributed by atoms with Crippen molar-refractivity contribution < 1.29 is 14.0 Å². The third-order valence-electron chi connectivity index (χ3n) is 6.14. The van der Waals surface area contributed by atoms with Gasteiger partial charge in [0.2, 0.25) is 0 Å². The predicted octanol–water partition coefficient (Wildman–Crippen LogP) is 4.40. The fourth-order valence-electron chi connectivity index (χ4n) is 4.45. The number of benzene rings is 1. The second-order valence-corrected chi connectivity index (χ2v) is 8.68. The first-order valence-corrected chi connectivity index (χ1v) is 11.0. The van der Waals surface area contributed by atoms with Crippen molar-refractivity contribution in [3.8, 4) is 5.75 Å². The van der Waals surface area contributed by atoms with E-state index in [2.05, 4.69) is 33.2 Å². The van der Waals surface area contributed by atoms with Gasteiger partial charge >= 0.3 is 0 Å². The van der Waals surface area contributed by atoms with E-state index in [0.717, 1.165) is 66.9 Å². The van der Waals surface area contributed by atoms with Crippen molar-refractivity contribution in [2.75, 3.05) is 24.6 Å². The summed E-state index contributed by atoms with van der Waals surface area (Å²) in [5.41, 5.74) is 4.40. The van der Waals surface area contributed by atoms with Crippen LogP contribution in [0.3, 0.4) is 0 Å². The van der Waals surface area contributed by atoms with E-state index in [1.807, 2.05) is 25.4 Å². The molecule has 0 amide bonds. The molecule has 2 aromatic heterocycles. The molecule has 1 fully saturated rings. The van der Waals surface area contributed by atoms with Crippen LogP contribution in [0.1, 0.15) is 41.0 Å². The Labute approximate surface area is 174 Å². The number of rotatable bonds is 4. The third kappa shape index (κ3) is 3.42. The zero-order valence-electron chi connectivity index (χ0n) is 16.8. The Hall–Kier alpha value is -2.38. The first-order valence-electron chi connectivity index (χ1n) is 10.1. The first-order chi connectivity index (χ1) is 14.1. The van der Waals surface area contributed by atoms with Gasteiger partial charge in [0.1, 0.15) is 18.1 Å². The molecular weight excluding hydrogens is 386 g/mol. The van der Waals surface area contributed by atoms with Crippen molar-refractivity contribution in [1.82, 2.24) is 10.1 Å². The highest BCUT2D eigenvalue weighted by Crippen LogP contribution is 2.43. The number of ether oxygens (including phenoxy) is 2. The van der Waals surface area contributed by atoms with Crippen LogP contribution in [0.2, 0.25) is 0 Å². The minimum atomic E-state index is -0.179. The monoisotopic (exact) mass is 411 g/mol. The average Bonchev–Trinajstić information content (AvgIpc) is 3.38. The van der Waals surface area contributed by atoms with E-state index >= 15 is 0 Å². The van der Waals surface area contributed by atoms with Crippen molar-refractivity contribution in [3.05, 3.63) is 57.9 Å². The summed E-state index contributed by atoms with van der Waals surface area (Å²) in [5.74, 6) is 1.71. The Morgan fingerprint density at radius 2 is 2.10 bits per heavy atom. The SMILES string of the molecule is Cc1noc(C)c1COc1ccc2c(c1)CCOC21CCN(c2nccs2)CC1. The topological polar surface area (TPSA) is 60.6 Å². The van der Waals surface area contributed by atoms with E-state index in [9.17, 15) is 0 Å². The minimum absolute atomic E-state index is 0.179. The van der Waals surface area contributed by atoms with Crippen molar-refractivity contribution in [2.24, 2.45) is 0 Å². The number of piperidine rings is 1. The lowest BCUT2D eigenvalue weighted by Crippen LogP contribution is -2.46. The van der Waals surface area contributed by atoms with Gasteiger partial charge in [0.25, 0.3) is 0 Å². The molecule has 0 unspecified atom stereocenters. The average molecular weight is 412 g/mol. The fraction of sp³-hybridized carbons (Fsp3) is 0.455. The van der Waals surface area contributed by atoms with Crippen LogP contribution < -0.4 is 9.64 Å². The first kappa shape index (κ1) is 18.6. The largest absolute Gasteiger partial charge is 0.489 e. The number of nitrogens with zero attached hydrogens (tertiary/aromatic N) is 3. The van der Waals surface area contributed by atoms with Crippen LogP contribution >= 0.6 is 11.3 Å². The van der Waals surface area contributed by atoms with Crippen LogP contribution in [-0.2, 0) is 23.4 Å². The molecule has 0 bridgehead atoms. The molecule has 0 saturated carbocycles. The van der Waals surface area contributed by atoms with Crippen molar-refractivity contribution in [3.63, 3.8) is 0 Å². The Morgan fingerprint density at radius 1 is 1.24 bits per heavy atom. The lowest BCUT2D eigenvalue weighted by atomic mass is 9.79. The van der Waals surface area contributed by atoms with E-state index in [-0.39, 0.29) is 5.60 Å². The summed E-state index contributed by atoms with van der Waals surface area (Å²) in [6.07, 6.45) is 4.77. The van der Waals surface area contributed by atoms with Crippen molar-refractivity contribution >= 4 is 16.5 Å². The number of anilines is 1. The van der Waals surface area contributed by atoms with Gasteiger partial charge in [0.15, 0.2) is 5.13 Å². The zero-order chi connectivity index (χ0) is 19.8. The normalized spacial score (nSPS) is 18.1. The van der Waals surface area contributed by atoms with E-state index in [1.165, 1.54) is 11.1 Å². The molecule has 152 valence electrons. The highest BCUT2D eigenvalue weighted by molar-refractivity contribution is 7.13.